The number of fused-ring (bicyclic) bond motifs is 1. The van der Waals surface area contributed by atoms with Crippen molar-refractivity contribution in [3.8, 4) is 0 Å². The van der Waals surface area contributed by atoms with Gasteiger partial charge in [0.15, 0.2) is 0 Å². The van der Waals surface area contributed by atoms with E-state index >= 15 is 0 Å². The molecule has 2 N–H and O–H groups in total. The number of unbranched alkanes of at least 4 members (excludes halogenated alkanes) is 1. The third-order valence-corrected chi connectivity index (χ3v) is 6.36. The van der Waals surface area contributed by atoms with Crippen molar-refractivity contribution in [2.75, 3.05) is 23.4 Å². The molecule has 31 heavy (non-hydrogen) atoms. The number of pyridine rings is 1. The van der Waals surface area contributed by atoms with E-state index in [0.29, 0.717) is 23.8 Å². The van der Waals surface area contributed by atoms with Crippen LogP contribution in [0.3, 0.4) is 0 Å². The molecule has 0 aliphatic heterocycles. The highest BCUT2D eigenvalue weighted by Crippen LogP contribution is 2.24. The third kappa shape index (κ3) is 6.73. The van der Waals surface area contributed by atoms with Crippen molar-refractivity contribution in [1.82, 2.24) is 10.3 Å². The molecule has 0 unspecified atom stereocenters. The SMILES string of the molecule is CCCCSCCCNC(=O)c1cc(Nc2ccc(C(C)C)cc2)nc2ccccc12. The van der Waals surface area contributed by atoms with Gasteiger partial charge in [-0.3, -0.25) is 4.79 Å². The Hall–Kier alpha value is -2.53. The topological polar surface area (TPSA) is 54.0 Å². The summed E-state index contributed by atoms with van der Waals surface area (Å²) in [5.41, 5.74) is 3.73. The number of hydrogen-bond acceptors (Lipinski definition) is 4. The van der Waals surface area contributed by atoms with Crippen molar-refractivity contribution in [3.05, 3.63) is 65.7 Å². The van der Waals surface area contributed by atoms with Crippen LogP contribution in [-0.4, -0.2) is 28.9 Å². The second-order valence-corrected chi connectivity index (χ2v) is 9.27. The van der Waals surface area contributed by atoms with Crippen LogP contribution in [0.5, 0.6) is 0 Å². The van der Waals surface area contributed by atoms with Crippen LogP contribution in [-0.2, 0) is 0 Å². The molecule has 0 aliphatic carbocycles. The first-order chi connectivity index (χ1) is 15.1. The Morgan fingerprint density at radius 3 is 2.52 bits per heavy atom. The highest BCUT2D eigenvalue weighted by molar-refractivity contribution is 7.99. The Morgan fingerprint density at radius 2 is 1.77 bits per heavy atom. The molecule has 0 fully saturated rings. The largest absolute Gasteiger partial charge is 0.352 e. The van der Waals surface area contributed by atoms with Gasteiger partial charge in [0.2, 0.25) is 0 Å². The van der Waals surface area contributed by atoms with E-state index in [1.54, 1.807) is 0 Å². The van der Waals surface area contributed by atoms with Crippen LogP contribution in [0.4, 0.5) is 11.5 Å². The molecule has 0 aliphatic rings. The molecule has 3 rings (SSSR count). The van der Waals surface area contributed by atoms with E-state index in [0.717, 1.165) is 28.8 Å². The van der Waals surface area contributed by atoms with Crippen molar-refractivity contribution >= 4 is 40.1 Å². The third-order valence-electron chi connectivity index (χ3n) is 5.20. The van der Waals surface area contributed by atoms with E-state index in [1.165, 1.54) is 24.2 Å². The molecule has 0 atom stereocenters. The van der Waals surface area contributed by atoms with Gasteiger partial charge in [0.1, 0.15) is 5.82 Å². The first-order valence-corrected chi connectivity index (χ1v) is 12.4. The number of nitrogens with one attached hydrogen (secondary N) is 2. The summed E-state index contributed by atoms with van der Waals surface area (Å²) in [5.74, 6) is 3.41. The van der Waals surface area contributed by atoms with Crippen molar-refractivity contribution in [3.63, 3.8) is 0 Å². The average molecular weight is 436 g/mol. The minimum absolute atomic E-state index is 0.0460. The molecule has 0 radical (unpaired) electrons. The predicted octanol–water partition coefficient (Wildman–Crippen LogP) is 6.76. The van der Waals surface area contributed by atoms with Gasteiger partial charge in [-0.05, 0) is 60.1 Å². The Balaban J connectivity index is 1.70. The van der Waals surface area contributed by atoms with Gasteiger partial charge in [-0.25, -0.2) is 4.98 Å². The lowest BCUT2D eigenvalue weighted by Crippen LogP contribution is -2.25. The molecule has 0 saturated heterocycles. The molecule has 2 aromatic carbocycles. The summed E-state index contributed by atoms with van der Waals surface area (Å²) in [5, 5.41) is 7.32. The summed E-state index contributed by atoms with van der Waals surface area (Å²) >= 11 is 1.96. The predicted molar refractivity (Wildman–Crippen MR) is 135 cm³/mol. The van der Waals surface area contributed by atoms with Crippen molar-refractivity contribution in [2.24, 2.45) is 0 Å². The fraction of sp³-hybridized carbons (Fsp3) is 0.385. The number of hydrogen-bond donors (Lipinski definition) is 2. The molecular weight excluding hydrogens is 402 g/mol. The van der Waals surface area contributed by atoms with Crippen LogP contribution >= 0.6 is 11.8 Å². The number of carbonyl (C=O) groups is 1. The van der Waals surface area contributed by atoms with Gasteiger partial charge in [-0.2, -0.15) is 11.8 Å². The van der Waals surface area contributed by atoms with Crippen LogP contribution in [0.15, 0.2) is 54.6 Å². The average Bonchev–Trinajstić information content (AvgIpc) is 2.78. The van der Waals surface area contributed by atoms with Gasteiger partial charge in [0.05, 0.1) is 11.1 Å². The lowest BCUT2D eigenvalue weighted by Gasteiger charge is -2.12. The molecule has 3 aromatic rings. The Bertz CT molecular complexity index is 986. The number of amides is 1. The van der Waals surface area contributed by atoms with Crippen LogP contribution in [0, 0.1) is 0 Å². The zero-order valence-electron chi connectivity index (χ0n) is 18.8. The van der Waals surface area contributed by atoms with E-state index in [-0.39, 0.29) is 5.91 Å². The lowest BCUT2D eigenvalue weighted by atomic mass is 10.0. The maximum atomic E-state index is 12.9. The Labute approximate surface area is 190 Å². The molecule has 0 saturated carbocycles. The zero-order valence-corrected chi connectivity index (χ0v) is 19.6. The van der Waals surface area contributed by atoms with Gasteiger partial charge in [0, 0.05) is 17.6 Å². The standard InChI is InChI=1S/C26H33N3OS/c1-4-5-16-31-17-8-15-27-26(30)23-18-25(29-24-10-7-6-9-22(23)24)28-21-13-11-20(12-14-21)19(2)3/h6-7,9-14,18-19H,4-5,8,15-17H2,1-3H3,(H,27,30)(H,28,29). The van der Waals surface area contributed by atoms with E-state index in [2.05, 4.69) is 55.7 Å². The van der Waals surface area contributed by atoms with Gasteiger partial charge in [-0.15, -0.1) is 0 Å². The molecule has 5 heteroatoms. The van der Waals surface area contributed by atoms with Crippen LogP contribution in [0.25, 0.3) is 10.9 Å². The van der Waals surface area contributed by atoms with E-state index in [4.69, 9.17) is 4.98 Å². The molecule has 1 heterocycles. The Morgan fingerprint density at radius 1 is 1.03 bits per heavy atom. The minimum Gasteiger partial charge on any atom is -0.352 e. The summed E-state index contributed by atoms with van der Waals surface area (Å²) in [7, 11) is 0. The van der Waals surface area contributed by atoms with Crippen LogP contribution in [0.2, 0.25) is 0 Å². The molecule has 1 aromatic heterocycles. The molecule has 4 nitrogen and oxygen atoms in total. The van der Waals surface area contributed by atoms with Gasteiger partial charge in [-0.1, -0.05) is 57.5 Å². The highest BCUT2D eigenvalue weighted by atomic mass is 32.2. The number of carbonyl (C=O) groups excluding carboxylic acids is 1. The number of nitrogens with zero attached hydrogens (tertiary/aromatic N) is 1. The zero-order chi connectivity index (χ0) is 22.1. The van der Waals surface area contributed by atoms with Gasteiger partial charge >= 0.3 is 0 Å². The van der Waals surface area contributed by atoms with E-state index in [9.17, 15) is 4.79 Å². The maximum absolute atomic E-state index is 12.9. The van der Waals surface area contributed by atoms with Gasteiger partial charge in [0.25, 0.3) is 5.91 Å². The molecule has 164 valence electrons. The van der Waals surface area contributed by atoms with E-state index in [1.807, 2.05) is 42.1 Å². The number of para-hydroxylation sites is 1. The number of rotatable bonds is 11. The minimum atomic E-state index is -0.0460. The molecule has 0 spiro atoms. The lowest BCUT2D eigenvalue weighted by molar-refractivity contribution is 0.0955. The Kier molecular flexibility index (Phi) is 8.77. The summed E-state index contributed by atoms with van der Waals surface area (Å²) < 4.78 is 0. The number of thioether (sulfide) groups is 1. The second-order valence-electron chi connectivity index (χ2n) is 8.05. The normalized spacial score (nSPS) is 11.1. The smallest absolute Gasteiger partial charge is 0.252 e. The molecule has 0 bridgehead atoms. The summed E-state index contributed by atoms with van der Waals surface area (Å²) in [6, 6.07) is 18.0. The molecular formula is C26H33N3OS. The summed E-state index contributed by atoms with van der Waals surface area (Å²) in [6.07, 6.45) is 3.48. The number of benzene rings is 2. The first kappa shape index (κ1) is 23.1. The van der Waals surface area contributed by atoms with Crippen LogP contribution in [0.1, 0.15) is 61.9 Å². The highest BCUT2D eigenvalue weighted by Gasteiger charge is 2.13. The first-order valence-electron chi connectivity index (χ1n) is 11.2. The quantitative estimate of drug-likeness (QED) is 0.327. The van der Waals surface area contributed by atoms with Crippen molar-refractivity contribution in [2.45, 2.75) is 46.0 Å². The fourth-order valence-corrected chi connectivity index (χ4v) is 4.39. The number of anilines is 2. The second kappa shape index (κ2) is 11.8. The maximum Gasteiger partial charge on any atom is 0.252 e. The van der Waals surface area contributed by atoms with Crippen LogP contribution < -0.4 is 10.6 Å². The summed E-state index contributed by atoms with van der Waals surface area (Å²) in [6.45, 7) is 7.27. The fourth-order valence-electron chi connectivity index (χ4n) is 3.35. The number of aromatic nitrogens is 1. The van der Waals surface area contributed by atoms with Crippen molar-refractivity contribution < 1.29 is 4.79 Å². The molecule has 1 amide bonds. The van der Waals surface area contributed by atoms with E-state index < -0.39 is 0 Å². The van der Waals surface area contributed by atoms with Gasteiger partial charge < -0.3 is 10.6 Å². The summed E-state index contributed by atoms with van der Waals surface area (Å²) in [4.78, 5) is 17.7. The van der Waals surface area contributed by atoms with Crippen molar-refractivity contribution in [1.29, 1.82) is 0 Å². The monoisotopic (exact) mass is 435 g/mol.